The van der Waals surface area contributed by atoms with Crippen LogP contribution in [0.4, 0.5) is 0 Å². The largest absolute Gasteiger partial charge is 0.497 e. The Morgan fingerprint density at radius 3 is 2.27 bits per heavy atom. The molecule has 0 amide bonds. The molecule has 1 heterocycles. The Morgan fingerprint density at radius 1 is 1.08 bits per heavy atom. The van der Waals surface area contributed by atoms with E-state index in [9.17, 15) is 0 Å². The van der Waals surface area contributed by atoms with Crippen molar-refractivity contribution < 1.29 is 24.5 Å². The molecule has 2 aliphatic rings. The van der Waals surface area contributed by atoms with Crippen molar-refractivity contribution in [3.63, 3.8) is 0 Å². The van der Waals surface area contributed by atoms with Crippen LogP contribution in [0, 0.1) is 0 Å². The zero-order valence-electron chi connectivity index (χ0n) is 15.4. The van der Waals surface area contributed by atoms with Crippen LogP contribution in [0.25, 0.3) is 0 Å². The highest BCUT2D eigenvalue weighted by molar-refractivity contribution is 6.27. The molecule has 0 saturated heterocycles. The van der Waals surface area contributed by atoms with Gasteiger partial charge in [0.15, 0.2) is 0 Å². The van der Waals surface area contributed by atoms with Crippen molar-refractivity contribution in [2.24, 2.45) is 0 Å². The highest BCUT2D eigenvalue weighted by Gasteiger charge is 2.28. The third kappa shape index (κ3) is 5.33. The fourth-order valence-corrected chi connectivity index (χ4v) is 3.68. The Morgan fingerprint density at radius 2 is 1.69 bits per heavy atom. The Labute approximate surface area is 154 Å². The summed E-state index contributed by atoms with van der Waals surface area (Å²) in [5, 5.41) is 14.8. The summed E-state index contributed by atoms with van der Waals surface area (Å²) in [7, 11) is 4.01. The van der Waals surface area contributed by atoms with E-state index in [-0.39, 0.29) is 0 Å². The van der Waals surface area contributed by atoms with Crippen LogP contribution in [0.15, 0.2) is 35.4 Å². The first-order valence-corrected chi connectivity index (χ1v) is 8.92. The number of ether oxygens (including phenoxy) is 1. The van der Waals surface area contributed by atoms with Crippen molar-refractivity contribution in [2.45, 2.75) is 44.6 Å². The van der Waals surface area contributed by atoms with Gasteiger partial charge in [-0.05, 0) is 63.3 Å². The van der Waals surface area contributed by atoms with Gasteiger partial charge in [-0.1, -0.05) is 23.3 Å². The number of rotatable bonds is 3. The minimum Gasteiger partial charge on any atom is -0.497 e. The van der Waals surface area contributed by atoms with Gasteiger partial charge in [0.1, 0.15) is 5.75 Å². The molecule has 142 valence electrons. The number of hydrogen-bond donors (Lipinski definition) is 2. The van der Waals surface area contributed by atoms with Crippen LogP contribution in [-0.2, 0) is 16.0 Å². The second-order valence-electron chi connectivity index (χ2n) is 6.74. The van der Waals surface area contributed by atoms with Crippen molar-refractivity contribution in [3.05, 3.63) is 41.0 Å². The number of carbonyl (C=O) groups is 2. The molecule has 6 heteroatoms. The molecule has 0 saturated carbocycles. The van der Waals surface area contributed by atoms with Crippen LogP contribution in [0.2, 0.25) is 0 Å². The molecule has 2 N–H and O–H groups in total. The molecule has 1 aliphatic heterocycles. The molecule has 0 aromatic heterocycles. The highest BCUT2D eigenvalue weighted by Crippen LogP contribution is 2.35. The van der Waals surface area contributed by atoms with Gasteiger partial charge in [-0.15, -0.1) is 0 Å². The first-order chi connectivity index (χ1) is 12.4. The van der Waals surface area contributed by atoms with E-state index in [0.717, 1.165) is 12.2 Å². The standard InChI is InChI=1S/C18H25NO.C2H2O4/c1-19-12-11-15-5-3-4-6-17(15)18(19)13-14-7-9-16(20-2)10-8-14;3-1(4)2(5)6/h7-10,18H,3-6,11-13H2,1-2H3;(H,3,4)(H,5,6). The maximum atomic E-state index is 9.10. The summed E-state index contributed by atoms with van der Waals surface area (Å²) in [6, 6.07) is 9.20. The monoisotopic (exact) mass is 361 g/mol. The smallest absolute Gasteiger partial charge is 0.414 e. The molecule has 1 aliphatic carbocycles. The Hall–Kier alpha value is -2.34. The summed E-state index contributed by atoms with van der Waals surface area (Å²) in [6.45, 7) is 1.22. The van der Waals surface area contributed by atoms with Gasteiger partial charge >= 0.3 is 11.9 Å². The lowest BCUT2D eigenvalue weighted by Gasteiger charge is -2.39. The normalized spacial score (nSPS) is 19.8. The third-order valence-corrected chi connectivity index (χ3v) is 5.10. The number of carboxylic acid groups (broad SMARTS) is 2. The Balaban J connectivity index is 0.000000352. The quantitative estimate of drug-likeness (QED) is 0.636. The van der Waals surface area contributed by atoms with Crippen LogP contribution in [0.3, 0.4) is 0 Å². The number of carboxylic acids is 2. The number of methoxy groups -OCH3 is 1. The van der Waals surface area contributed by atoms with Gasteiger partial charge in [-0.3, -0.25) is 4.90 Å². The molecule has 6 nitrogen and oxygen atoms in total. The minimum absolute atomic E-state index is 0.618. The number of likely N-dealkylation sites (N-methyl/N-ethyl adjacent to an activating group) is 1. The number of nitrogens with zero attached hydrogens (tertiary/aromatic N) is 1. The molecule has 3 rings (SSSR count). The van der Waals surface area contributed by atoms with Crippen LogP contribution in [-0.4, -0.2) is 53.8 Å². The molecular formula is C20H27NO5. The van der Waals surface area contributed by atoms with Crippen molar-refractivity contribution in [3.8, 4) is 5.75 Å². The Bertz CT molecular complexity index is 653. The maximum absolute atomic E-state index is 9.10. The minimum atomic E-state index is -1.82. The first kappa shape index (κ1) is 20.0. The van der Waals surface area contributed by atoms with E-state index in [1.54, 1.807) is 18.3 Å². The molecule has 1 aromatic carbocycles. The molecule has 1 atom stereocenters. The lowest BCUT2D eigenvalue weighted by Crippen LogP contribution is -2.40. The van der Waals surface area contributed by atoms with Crippen LogP contribution in [0.5, 0.6) is 5.75 Å². The third-order valence-electron chi connectivity index (χ3n) is 5.10. The van der Waals surface area contributed by atoms with Gasteiger partial charge in [-0.2, -0.15) is 0 Å². The van der Waals surface area contributed by atoms with E-state index < -0.39 is 11.9 Å². The van der Waals surface area contributed by atoms with Gasteiger partial charge in [0.25, 0.3) is 0 Å². The lowest BCUT2D eigenvalue weighted by atomic mass is 9.81. The summed E-state index contributed by atoms with van der Waals surface area (Å²) in [6.07, 6.45) is 7.89. The topological polar surface area (TPSA) is 87.1 Å². The summed E-state index contributed by atoms with van der Waals surface area (Å²) >= 11 is 0. The van der Waals surface area contributed by atoms with E-state index in [4.69, 9.17) is 24.5 Å². The molecular weight excluding hydrogens is 334 g/mol. The van der Waals surface area contributed by atoms with Gasteiger partial charge in [0, 0.05) is 12.6 Å². The van der Waals surface area contributed by atoms with Gasteiger partial charge in [-0.25, -0.2) is 9.59 Å². The molecule has 0 bridgehead atoms. The van der Waals surface area contributed by atoms with Crippen molar-refractivity contribution in [1.29, 1.82) is 0 Å². The molecule has 0 radical (unpaired) electrons. The predicted molar refractivity (Wildman–Crippen MR) is 98.5 cm³/mol. The highest BCUT2D eigenvalue weighted by atomic mass is 16.5. The molecule has 1 unspecified atom stereocenters. The second kappa shape index (κ2) is 9.38. The predicted octanol–water partition coefficient (Wildman–Crippen LogP) is 2.97. The van der Waals surface area contributed by atoms with E-state index in [0.29, 0.717) is 6.04 Å². The second-order valence-corrected chi connectivity index (χ2v) is 6.74. The zero-order valence-corrected chi connectivity index (χ0v) is 15.4. The summed E-state index contributed by atoms with van der Waals surface area (Å²) in [5.74, 6) is -2.70. The number of aliphatic carboxylic acids is 2. The lowest BCUT2D eigenvalue weighted by molar-refractivity contribution is -0.159. The Kier molecular flexibility index (Phi) is 7.21. The maximum Gasteiger partial charge on any atom is 0.414 e. The van der Waals surface area contributed by atoms with Gasteiger partial charge in [0.2, 0.25) is 0 Å². The van der Waals surface area contributed by atoms with Crippen LogP contribution in [0.1, 0.15) is 37.7 Å². The number of benzene rings is 1. The summed E-state index contributed by atoms with van der Waals surface area (Å²) in [5.41, 5.74) is 4.94. The van der Waals surface area contributed by atoms with Crippen LogP contribution >= 0.6 is 0 Å². The van der Waals surface area contributed by atoms with Gasteiger partial charge < -0.3 is 14.9 Å². The van der Waals surface area contributed by atoms with E-state index in [2.05, 4.69) is 36.2 Å². The molecule has 26 heavy (non-hydrogen) atoms. The van der Waals surface area contributed by atoms with Gasteiger partial charge in [0.05, 0.1) is 7.11 Å². The van der Waals surface area contributed by atoms with E-state index in [1.807, 2.05) is 0 Å². The molecule has 0 spiro atoms. The van der Waals surface area contributed by atoms with Crippen molar-refractivity contribution in [1.82, 2.24) is 4.90 Å². The zero-order chi connectivity index (χ0) is 19.1. The molecule has 1 aromatic rings. The van der Waals surface area contributed by atoms with Crippen molar-refractivity contribution >= 4 is 11.9 Å². The average Bonchev–Trinajstić information content (AvgIpc) is 2.65. The first-order valence-electron chi connectivity index (χ1n) is 8.92. The number of hydrogen-bond acceptors (Lipinski definition) is 4. The van der Waals surface area contributed by atoms with E-state index in [1.165, 1.54) is 44.2 Å². The average molecular weight is 361 g/mol. The SMILES string of the molecule is COc1ccc(CC2C3=C(CCCC3)CCN2C)cc1.O=C(O)C(=O)O. The van der Waals surface area contributed by atoms with Crippen LogP contribution < -0.4 is 4.74 Å². The summed E-state index contributed by atoms with van der Waals surface area (Å²) < 4.78 is 5.25. The fourth-order valence-electron chi connectivity index (χ4n) is 3.68. The fraction of sp³-hybridized carbons (Fsp3) is 0.500. The van der Waals surface area contributed by atoms with E-state index >= 15 is 0 Å². The molecule has 0 fully saturated rings. The summed E-state index contributed by atoms with van der Waals surface area (Å²) in [4.78, 5) is 20.7. The van der Waals surface area contributed by atoms with Crippen molar-refractivity contribution in [2.75, 3.05) is 20.7 Å².